The first-order valence-electron chi connectivity index (χ1n) is 3.10. The van der Waals surface area contributed by atoms with Gasteiger partial charge in [-0.3, -0.25) is 0 Å². The molecule has 9 heavy (non-hydrogen) atoms. The van der Waals surface area contributed by atoms with Gasteiger partial charge >= 0.3 is 0 Å². The van der Waals surface area contributed by atoms with Crippen LogP contribution >= 0.6 is 0 Å². The van der Waals surface area contributed by atoms with Crippen molar-refractivity contribution < 1.29 is 0 Å². The Labute approximate surface area is 55.6 Å². The van der Waals surface area contributed by atoms with Crippen LogP contribution in [0.3, 0.4) is 0 Å². The first-order valence-corrected chi connectivity index (χ1v) is 3.10. The van der Waals surface area contributed by atoms with Crippen molar-refractivity contribution in [3.8, 4) is 0 Å². The van der Waals surface area contributed by atoms with Crippen molar-refractivity contribution in [2.45, 2.75) is 6.04 Å². The minimum absolute atomic E-state index is 0.106. The maximum Gasteiger partial charge on any atom is 0.0428 e. The molecule has 1 unspecified atom stereocenters. The number of nitrogens with two attached hydrogens (primary N) is 1. The van der Waals surface area contributed by atoms with Gasteiger partial charge in [0.25, 0.3) is 0 Å². The monoisotopic (exact) mass is 124 g/mol. The molecule has 2 nitrogen and oxygen atoms in total. The van der Waals surface area contributed by atoms with Gasteiger partial charge in [0.1, 0.15) is 0 Å². The molecular weight excluding hydrogens is 112 g/mol. The van der Waals surface area contributed by atoms with Crippen molar-refractivity contribution in [1.29, 1.82) is 0 Å². The highest BCUT2D eigenvalue weighted by Crippen LogP contribution is 1.95. The summed E-state index contributed by atoms with van der Waals surface area (Å²) in [6.45, 7) is 0.962. The topological polar surface area (TPSA) is 29.3 Å². The molecular formula is C7H12N2. The third-order valence-corrected chi connectivity index (χ3v) is 1.31. The van der Waals surface area contributed by atoms with Gasteiger partial charge in [-0.1, -0.05) is 12.2 Å². The van der Waals surface area contributed by atoms with E-state index in [9.17, 15) is 0 Å². The molecule has 0 radical (unpaired) electrons. The summed E-state index contributed by atoms with van der Waals surface area (Å²) < 4.78 is 0. The lowest BCUT2D eigenvalue weighted by atomic mass is 10.3. The van der Waals surface area contributed by atoms with E-state index in [1.807, 2.05) is 25.4 Å². The molecule has 0 aliphatic carbocycles. The van der Waals surface area contributed by atoms with E-state index >= 15 is 0 Å². The highest BCUT2D eigenvalue weighted by molar-refractivity contribution is 5.08. The summed E-state index contributed by atoms with van der Waals surface area (Å²) in [6, 6.07) is 0.106. The predicted molar refractivity (Wildman–Crippen MR) is 38.9 cm³/mol. The Kier molecular flexibility index (Phi) is 1.90. The molecule has 50 valence electrons. The van der Waals surface area contributed by atoms with Crippen LogP contribution < -0.4 is 5.73 Å². The predicted octanol–water partition coefficient (Wildman–Crippen LogP) is 0.329. The second-order valence-corrected chi connectivity index (χ2v) is 2.29. The second kappa shape index (κ2) is 2.69. The van der Waals surface area contributed by atoms with Crippen molar-refractivity contribution >= 4 is 0 Å². The third kappa shape index (κ3) is 1.90. The minimum atomic E-state index is 0.106. The molecule has 1 atom stereocenters. The van der Waals surface area contributed by atoms with E-state index in [1.54, 1.807) is 0 Å². The summed E-state index contributed by atoms with van der Waals surface area (Å²) in [7, 11) is 2.03. The van der Waals surface area contributed by atoms with Crippen LogP contribution in [0.15, 0.2) is 24.4 Å². The molecule has 1 heterocycles. The second-order valence-electron chi connectivity index (χ2n) is 2.29. The number of hydrogen-bond acceptors (Lipinski definition) is 2. The molecule has 0 amide bonds. The van der Waals surface area contributed by atoms with E-state index in [-0.39, 0.29) is 6.04 Å². The largest absolute Gasteiger partial charge is 0.377 e. The zero-order valence-electron chi connectivity index (χ0n) is 5.62. The highest BCUT2D eigenvalue weighted by Gasteiger charge is 1.95. The lowest BCUT2D eigenvalue weighted by Crippen LogP contribution is -2.12. The maximum atomic E-state index is 5.60. The number of likely N-dealkylation sites (N-methyl/N-ethyl adjacent to an activating group) is 1. The summed E-state index contributed by atoms with van der Waals surface area (Å²) in [5.41, 5.74) is 5.60. The molecule has 0 saturated heterocycles. The van der Waals surface area contributed by atoms with Gasteiger partial charge in [0.2, 0.25) is 0 Å². The Balaban J connectivity index is 2.58. The summed E-state index contributed by atoms with van der Waals surface area (Å²) in [5.74, 6) is 0. The number of hydrogen-bond donors (Lipinski definition) is 1. The summed E-state index contributed by atoms with van der Waals surface area (Å²) in [5, 5.41) is 0. The third-order valence-electron chi connectivity index (χ3n) is 1.31. The lowest BCUT2D eigenvalue weighted by Gasteiger charge is -2.07. The first kappa shape index (κ1) is 6.36. The van der Waals surface area contributed by atoms with Crippen molar-refractivity contribution in [3.05, 3.63) is 24.4 Å². The quantitative estimate of drug-likeness (QED) is 0.471. The molecule has 0 saturated carbocycles. The number of nitrogens with zero attached hydrogens (tertiary/aromatic N) is 1. The van der Waals surface area contributed by atoms with Crippen LogP contribution in [0.1, 0.15) is 0 Å². The zero-order chi connectivity index (χ0) is 6.69. The van der Waals surface area contributed by atoms with Crippen LogP contribution in [-0.4, -0.2) is 24.5 Å². The van der Waals surface area contributed by atoms with E-state index in [1.165, 1.54) is 0 Å². The fourth-order valence-electron chi connectivity index (χ4n) is 0.756. The van der Waals surface area contributed by atoms with Gasteiger partial charge in [0, 0.05) is 19.6 Å². The fourth-order valence-corrected chi connectivity index (χ4v) is 0.756. The molecule has 1 aliphatic heterocycles. The van der Waals surface area contributed by atoms with Crippen molar-refractivity contribution in [2.75, 3.05) is 13.6 Å². The van der Waals surface area contributed by atoms with Gasteiger partial charge in [-0.05, 0) is 12.3 Å². The van der Waals surface area contributed by atoms with E-state index in [2.05, 4.69) is 11.0 Å². The van der Waals surface area contributed by atoms with Crippen molar-refractivity contribution in [2.24, 2.45) is 5.73 Å². The van der Waals surface area contributed by atoms with E-state index in [0.29, 0.717) is 0 Å². The van der Waals surface area contributed by atoms with Gasteiger partial charge in [-0.15, -0.1) is 0 Å². The molecule has 0 aromatic carbocycles. The Hall–Kier alpha value is -0.760. The summed E-state index contributed by atoms with van der Waals surface area (Å²) >= 11 is 0. The molecule has 0 fully saturated rings. The number of rotatable bonds is 0. The average Bonchev–Trinajstić information content (AvgIpc) is 1.97. The van der Waals surface area contributed by atoms with Gasteiger partial charge in [0.05, 0.1) is 0 Å². The molecule has 1 aliphatic rings. The maximum absolute atomic E-state index is 5.60. The van der Waals surface area contributed by atoms with Crippen LogP contribution in [0.4, 0.5) is 0 Å². The van der Waals surface area contributed by atoms with Gasteiger partial charge < -0.3 is 10.6 Å². The molecule has 1 rings (SSSR count). The Morgan fingerprint density at radius 2 is 2.33 bits per heavy atom. The zero-order valence-corrected chi connectivity index (χ0v) is 5.62. The van der Waals surface area contributed by atoms with Gasteiger partial charge in [-0.2, -0.15) is 0 Å². The summed E-state index contributed by atoms with van der Waals surface area (Å²) in [6.07, 6.45) is 8.05. The van der Waals surface area contributed by atoms with Crippen LogP contribution in [0.5, 0.6) is 0 Å². The standard InChI is InChI=1S/C7H12N2/c1-9-5-2-3-7(8)4-6-9/h2-4,6-7H,5,8H2,1H3. The Morgan fingerprint density at radius 1 is 1.56 bits per heavy atom. The first-order chi connectivity index (χ1) is 4.29. The van der Waals surface area contributed by atoms with Gasteiger partial charge in [0.15, 0.2) is 0 Å². The van der Waals surface area contributed by atoms with Crippen LogP contribution in [0.2, 0.25) is 0 Å². The summed E-state index contributed by atoms with van der Waals surface area (Å²) in [4.78, 5) is 2.09. The molecule has 2 heteroatoms. The van der Waals surface area contributed by atoms with Crippen LogP contribution in [0.25, 0.3) is 0 Å². The van der Waals surface area contributed by atoms with E-state index in [4.69, 9.17) is 5.73 Å². The van der Waals surface area contributed by atoms with Crippen molar-refractivity contribution in [1.82, 2.24) is 4.90 Å². The smallest absolute Gasteiger partial charge is 0.0428 e. The Morgan fingerprint density at radius 3 is 3.11 bits per heavy atom. The Bertz CT molecular complexity index is 138. The molecule has 0 aromatic heterocycles. The average molecular weight is 124 g/mol. The van der Waals surface area contributed by atoms with Crippen LogP contribution in [0, 0.1) is 0 Å². The lowest BCUT2D eigenvalue weighted by molar-refractivity contribution is 0.511. The molecule has 0 aromatic rings. The highest BCUT2D eigenvalue weighted by atomic mass is 15.1. The van der Waals surface area contributed by atoms with Crippen molar-refractivity contribution in [3.63, 3.8) is 0 Å². The van der Waals surface area contributed by atoms with E-state index < -0.39 is 0 Å². The fraction of sp³-hybridized carbons (Fsp3) is 0.429. The van der Waals surface area contributed by atoms with E-state index in [0.717, 1.165) is 6.54 Å². The van der Waals surface area contributed by atoms with Gasteiger partial charge in [-0.25, -0.2) is 0 Å². The molecule has 0 bridgehead atoms. The molecule has 2 N–H and O–H groups in total. The minimum Gasteiger partial charge on any atom is -0.377 e. The SMILES string of the molecule is CN1C=CC(N)C=CC1. The normalized spacial score (nSPS) is 26.4. The molecule has 0 spiro atoms. The van der Waals surface area contributed by atoms with Crippen LogP contribution in [-0.2, 0) is 0 Å².